The quantitative estimate of drug-likeness (QED) is 0.799. The van der Waals surface area contributed by atoms with Crippen LogP contribution in [0.5, 0.6) is 5.75 Å². The van der Waals surface area contributed by atoms with Crippen molar-refractivity contribution in [3.63, 3.8) is 0 Å². The molecule has 0 aliphatic carbocycles. The zero-order chi connectivity index (χ0) is 12.1. The lowest BCUT2D eigenvalue weighted by molar-refractivity contribution is 0.322. The van der Waals surface area contributed by atoms with Crippen molar-refractivity contribution in [2.24, 2.45) is 0 Å². The lowest BCUT2D eigenvalue weighted by Gasteiger charge is -2.07. The van der Waals surface area contributed by atoms with E-state index in [-0.39, 0.29) is 24.8 Å². The number of hydrogen-bond donors (Lipinski definition) is 0. The van der Waals surface area contributed by atoms with Gasteiger partial charge in [0, 0.05) is 6.42 Å². The van der Waals surface area contributed by atoms with Gasteiger partial charge in [0.15, 0.2) is 0 Å². The fourth-order valence-electron chi connectivity index (χ4n) is 1.70. The van der Waals surface area contributed by atoms with Crippen LogP contribution in [0.1, 0.15) is 16.7 Å². The van der Waals surface area contributed by atoms with Gasteiger partial charge in [0.05, 0.1) is 6.61 Å². The van der Waals surface area contributed by atoms with Crippen LogP contribution in [0, 0.1) is 13.8 Å². The van der Waals surface area contributed by atoms with Crippen LogP contribution in [-0.2, 0) is 6.42 Å². The van der Waals surface area contributed by atoms with Crippen molar-refractivity contribution in [2.45, 2.75) is 13.3 Å². The Morgan fingerprint density at radius 1 is 1.00 bits per heavy atom. The van der Waals surface area contributed by atoms with Crippen LogP contribution < -0.4 is 4.74 Å². The lowest BCUT2D eigenvalue weighted by Crippen LogP contribution is -2.01. The van der Waals surface area contributed by atoms with Crippen molar-refractivity contribution in [1.82, 2.24) is 0 Å². The molecular formula is C16H19Cl2O. The van der Waals surface area contributed by atoms with Gasteiger partial charge in [0.1, 0.15) is 5.75 Å². The molecule has 103 valence electrons. The van der Waals surface area contributed by atoms with E-state index in [0.717, 1.165) is 17.7 Å². The predicted molar refractivity (Wildman–Crippen MR) is 85.8 cm³/mol. The van der Waals surface area contributed by atoms with Crippen LogP contribution in [0.25, 0.3) is 0 Å². The molecule has 0 N–H and O–H groups in total. The zero-order valence-corrected chi connectivity index (χ0v) is 12.6. The van der Waals surface area contributed by atoms with Crippen LogP contribution in [0.15, 0.2) is 48.5 Å². The maximum atomic E-state index is 5.71. The Morgan fingerprint density at radius 3 is 2.32 bits per heavy atom. The lowest BCUT2D eigenvalue weighted by atomic mass is 10.1. The molecule has 3 heteroatoms. The molecule has 0 aliphatic rings. The van der Waals surface area contributed by atoms with Gasteiger partial charge in [0.25, 0.3) is 0 Å². The molecule has 0 saturated heterocycles. The molecule has 2 aromatic rings. The summed E-state index contributed by atoms with van der Waals surface area (Å²) in [6, 6.07) is 16.4. The van der Waals surface area contributed by atoms with Crippen molar-refractivity contribution in [1.29, 1.82) is 0 Å². The Morgan fingerprint density at radius 2 is 1.68 bits per heavy atom. The summed E-state index contributed by atoms with van der Waals surface area (Å²) in [5.41, 5.74) is 3.56. The Balaban J connectivity index is 0.00000162. The van der Waals surface area contributed by atoms with E-state index >= 15 is 0 Å². The van der Waals surface area contributed by atoms with Gasteiger partial charge >= 0.3 is 0 Å². The average Bonchev–Trinajstić information content (AvgIpc) is 2.32. The van der Waals surface area contributed by atoms with E-state index in [0.29, 0.717) is 6.61 Å². The molecular weight excluding hydrogens is 279 g/mol. The minimum absolute atomic E-state index is 0. The molecule has 2 rings (SSSR count). The topological polar surface area (TPSA) is 9.23 Å². The summed E-state index contributed by atoms with van der Waals surface area (Å²) in [6.07, 6.45) is 0.925. The SMILES string of the molecule is Cl.Cl.[CH2]c1ccc(CCOc2cccc(C)c2)cc1. The summed E-state index contributed by atoms with van der Waals surface area (Å²) < 4.78 is 5.71. The highest BCUT2D eigenvalue weighted by Crippen LogP contribution is 2.13. The first-order chi connectivity index (χ1) is 8.24. The number of hydrogen-bond acceptors (Lipinski definition) is 1. The molecule has 1 radical (unpaired) electrons. The summed E-state index contributed by atoms with van der Waals surface area (Å²) in [6.45, 7) is 6.65. The zero-order valence-electron chi connectivity index (χ0n) is 11.0. The molecule has 0 atom stereocenters. The molecule has 0 bridgehead atoms. The van der Waals surface area contributed by atoms with E-state index in [4.69, 9.17) is 4.74 Å². The third-order valence-corrected chi connectivity index (χ3v) is 2.67. The van der Waals surface area contributed by atoms with Gasteiger partial charge in [-0.3, -0.25) is 0 Å². The minimum Gasteiger partial charge on any atom is -0.493 e. The molecule has 19 heavy (non-hydrogen) atoms. The Hall–Kier alpha value is -1.18. The van der Waals surface area contributed by atoms with E-state index in [2.05, 4.69) is 38.1 Å². The molecule has 0 heterocycles. The van der Waals surface area contributed by atoms with E-state index in [1.54, 1.807) is 0 Å². The van der Waals surface area contributed by atoms with Crippen LogP contribution in [0.3, 0.4) is 0 Å². The Kier molecular flexibility index (Phi) is 8.29. The maximum Gasteiger partial charge on any atom is 0.119 e. The van der Waals surface area contributed by atoms with Gasteiger partial charge in [-0.15, -0.1) is 24.8 Å². The van der Waals surface area contributed by atoms with Gasteiger partial charge in [0.2, 0.25) is 0 Å². The highest BCUT2D eigenvalue weighted by molar-refractivity contribution is 5.85. The largest absolute Gasteiger partial charge is 0.493 e. The summed E-state index contributed by atoms with van der Waals surface area (Å²) >= 11 is 0. The summed E-state index contributed by atoms with van der Waals surface area (Å²) in [7, 11) is 0. The highest BCUT2D eigenvalue weighted by Gasteiger charge is 1.96. The predicted octanol–water partition coefficient (Wildman–Crippen LogP) is 4.64. The van der Waals surface area contributed by atoms with Crippen LogP contribution in [-0.4, -0.2) is 6.61 Å². The molecule has 0 fully saturated rings. The van der Waals surface area contributed by atoms with Crippen LogP contribution in [0.4, 0.5) is 0 Å². The van der Waals surface area contributed by atoms with Crippen molar-refractivity contribution in [3.8, 4) is 5.75 Å². The first-order valence-electron chi connectivity index (χ1n) is 5.84. The molecule has 0 aliphatic heterocycles. The second kappa shape index (κ2) is 8.84. The molecule has 2 aromatic carbocycles. The van der Waals surface area contributed by atoms with E-state index in [1.165, 1.54) is 11.1 Å². The number of benzene rings is 2. The summed E-state index contributed by atoms with van der Waals surface area (Å²) in [4.78, 5) is 0. The minimum atomic E-state index is 0. The average molecular weight is 298 g/mol. The van der Waals surface area contributed by atoms with Crippen LogP contribution >= 0.6 is 24.8 Å². The van der Waals surface area contributed by atoms with Crippen LogP contribution in [0.2, 0.25) is 0 Å². The standard InChI is InChI=1S/C16H17O.2ClH/c1-13-6-8-15(9-7-13)10-11-17-16-5-3-4-14(2)12-16;;/h3-9,12H,1,10-11H2,2H3;2*1H. The van der Waals surface area contributed by atoms with Crippen molar-refractivity contribution >= 4 is 24.8 Å². The first kappa shape index (κ1) is 17.8. The Bertz CT molecular complexity index is 480. The van der Waals surface area contributed by atoms with Crippen molar-refractivity contribution < 1.29 is 4.74 Å². The smallest absolute Gasteiger partial charge is 0.119 e. The number of ether oxygens (including phenoxy) is 1. The number of halogens is 2. The molecule has 1 nitrogen and oxygen atoms in total. The van der Waals surface area contributed by atoms with E-state index < -0.39 is 0 Å². The molecule has 0 saturated carbocycles. The number of rotatable bonds is 4. The summed E-state index contributed by atoms with van der Waals surface area (Å²) in [5.74, 6) is 0.943. The second-order valence-electron chi connectivity index (χ2n) is 4.23. The normalized spacial score (nSPS) is 9.16. The second-order valence-corrected chi connectivity index (χ2v) is 4.23. The molecule has 0 spiro atoms. The molecule has 0 unspecified atom stereocenters. The van der Waals surface area contributed by atoms with Gasteiger partial charge in [-0.25, -0.2) is 0 Å². The highest BCUT2D eigenvalue weighted by atomic mass is 35.5. The maximum absolute atomic E-state index is 5.71. The van der Waals surface area contributed by atoms with Gasteiger partial charge in [-0.05, 0) is 42.7 Å². The Labute approximate surface area is 127 Å². The van der Waals surface area contributed by atoms with Gasteiger partial charge < -0.3 is 4.74 Å². The third kappa shape index (κ3) is 6.00. The third-order valence-electron chi connectivity index (χ3n) is 2.67. The monoisotopic (exact) mass is 297 g/mol. The van der Waals surface area contributed by atoms with Crippen molar-refractivity contribution in [2.75, 3.05) is 6.61 Å². The van der Waals surface area contributed by atoms with Gasteiger partial charge in [-0.2, -0.15) is 0 Å². The summed E-state index contributed by atoms with van der Waals surface area (Å²) in [5, 5.41) is 0. The molecule has 0 amide bonds. The number of aryl methyl sites for hydroxylation is 1. The van der Waals surface area contributed by atoms with E-state index in [1.807, 2.05) is 24.3 Å². The van der Waals surface area contributed by atoms with Gasteiger partial charge in [-0.1, -0.05) is 36.4 Å². The van der Waals surface area contributed by atoms with E-state index in [9.17, 15) is 0 Å². The fraction of sp³-hybridized carbons (Fsp3) is 0.188. The first-order valence-corrected chi connectivity index (χ1v) is 5.84. The fourth-order valence-corrected chi connectivity index (χ4v) is 1.70. The van der Waals surface area contributed by atoms with Crippen molar-refractivity contribution in [3.05, 3.63) is 72.1 Å². The molecule has 0 aromatic heterocycles.